The van der Waals surface area contributed by atoms with Crippen molar-refractivity contribution < 1.29 is 0 Å². The lowest BCUT2D eigenvalue weighted by atomic mass is 9.84. The summed E-state index contributed by atoms with van der Waals surface area (Å²) in [7, 11) is 1.97. The first-order valence-electron chi connectivity index (χ1n) is 4.74. The molecule has 0 bridgehead atoms. The van der Waals surface area contributed by atoms with Crippen molar-refractivity contribution in [1.82, 2.24) is 5.32 Å². The molecule has 0 aromatic carbocycles. The zero-order valence-corrected chi connectivity index (χ0v) is 9.34. The SMILES string of the molecule is CNCc1cc(Cl)c(C2CCC2)s1. The summed E-state index contributed by atoms with van der Waals surface area (Å²) in [5.41, 5.74) is 0. The molecule has 0 amide bonds. The lowest BCUT2D eigenvalue weighted by Crippen LogP contribution is -2.07. The van der Waals surface area contributed by atoms with E-state index in [0.717, 1.165) is 17.5 Å². The molecule has 1 aliphatic carbocycles. The molecular formula is C10H14ClNS. The second-order valence-corrected chi connectivity index (χ2v) is 5.16. The van der Waals surface area contributed by atoms with Gasteiger partial charge < -0.3 is 5.32 Å². The Balaban J connectivity index is 2.15. The summed E-state index contributed by atoms with van der Waals surface area (Å²) in [6.07, 6.45) is 4.04. The van der Waals surface area contributed by atoms with Gasteiger partial charge in [0.15, 0.2) is 0 Å². The van der Waals surface area contributed by atoms with Gasteiger partial charge in [-0.3, -0.25) is 0 Å². The van der Waals surface area contributed by atoms with Crippen LogP contribution in [0.4, 0.5) is 0 Å². The zero-order chi connectivity index (χ0) is 9.26. The van der Waals surface area contributed by atoms with E-state index in [1.807, 2.05) is 18.4 Å². The van der Waals surface area contributed by atoms with Crippen molar-refractivity contribution in [2.45, 2.75) is 31.7 Å². The van der Waals surface area contributed by atoms with Gasteiger partial charge in [0.05, 0.1) is 5.02 Å². The Morgan fingerprint density at radius 1 is 1.62 bits per heavy atom. The molecule has 0 saturated heterocycles. The number of hydrogen-bond donors (Lipinski definition) is 1. The maximum Gasteiger partial charge on any atom is 0.0551 e. The maximum atomic E-state index is 6.17. The molecule has 1 nitrogen and oxygen atoms in total. The summed E-state index contributed by atoms with van der Waals surface area (Å²) in [6.45, 7) is 0.942. The van der Waals surface area contributed by atoms with E-state index >= 15 is 0 Å². The molecule has 1 heterocycles. The average Bonchev–Trinajstić information content (AvgIpc) is 2.30. The molecule has 0 unspecified atom stereocenters. The van der Waals surface area contributed by atoms with E-state index in [9.17, 15) is 0 Å². The Morgan fingerprint density at radius 2 is 2.38 bits per heavy atom. The average molecular weight is 216 g/mol. The summed E-state index contributed by atoms with van der Waals surface area (Å²) in [6, 6.07) is 2.11. The molecule has 1 aliphatic rings. The predicted octanol–water partition coefficient (Wildman–Crippen LogP) is 3.39. The van der Waals surface area contributed by atoms with Crippen LogP contribution >= 0.6 is 22.9 Å². The molecule has 0 atom stereocenters. The normalized spacial score (nSPS) is 17.4. The second kappa shape index (κ2) is 3.99. The summed E-state index contributed by atoms with van der Waals surface area (Å²) >= 11 is 8.04. The number of hydrogen-bond acceptors (Lipinski definition) is 2. The lowest BCUT2D eigenvalue weighted by molar-refractivity contribution is 0.426. The van der Waals surface area contributed by atoms with Crippen LogP contribution in [0.15, 0.2) is 6.07 Å². The minimum atomic E-state index is 0.767. The molecule has 1 aromatic heterocycles. The molecule has 0 aliphatic heterocycles. The van der Waals surface area contributed by atoms with E-state index < -0.39 is 0 Å². The highest BCUT2D eigenvalue weighted by Gasteiger charge is 2.23. The zero-order valence-electron chi connectivity index (χ0n) is 7.77. The van der Waals surface area contributed by atoms with Crippen molar-refractivity contribution in [1.29, 1.82) is 0 Å². The molecular weight excluding hydrogens is 202 g/mol. The van der Waals surface area contributed by atoms with Gasteiger partial charge in [-0.25, -0.2) is 0 Å². The van der Waals surface area contributed by atoms with Crippen LogP contribution in [0.1, 0.15) is 34.9 Å². The van der Waals surface area contributed by atoms with Crippen LogP contribution in [0.5, 0.6) is 0 Å². The predicted molar refractivity (Wildman–Crippen MR) is 58.7 cm³/mol. The van der Waals surface area contributed by atoms with Gasteiger partial charge in [0.25, 0.3) is 0 Å². The van der Waals surface area contributed by atoms with Crippen molar-refractivity contribution in [3.8, 4) is 0 Å². The minimum absolute atomic E-state index is 0.767. The van der Waals surface area contributed by atoms with Gasteiger partial charge >= 0.3 is 0 Å². The molecule has 2 rings (SSSR count). The van der Waals surface area contributed by atoms with E-state index in [-0.39, 0.29) is 0 Å². The van der Waals surface area contributed by atoms with Gasteiger partial charge in [-0.1, -0.05) is 18.0 Å². The summed E-state index contributed by atoms with van der Waals surface area (Å²) in [5.74, 6) is 0.767. The molecule has 3 heteroatoms. The van der Waals surface area contributed by atoms with Crippen LogP contribution in [0, 0.1) is 0 Å². The number of halogens is 1. The Morgan fingerprint density at radius 3 is 2.92 bits per heavy atom. The van der Waals surface area contributed by atoms with Crippen LogP contribution in [0.25, 0.3) is 0 Å². The van der Waals surface area contributed by atoms with Crippen molar-refractivity contribution >= 4 is 22.9 Å². The van der Waals surface area contributed by atoms with Gasteiger partial charge in [-0.15, -0.1) is 11.3 Å². The van der Waals surface area contributed by atoms with Crippen molar-refractivity contribution in [2.75, 3.05) is 7.05 Å². The summed E-state index contributed by atoms with van der Waals surface area (Å²) in [5, 5.41) is 4.14. The molecule has 0 radical (unpaired) electrons. The van der Waals surface area contributed by atoms with Crippen LogP contribution in [-0.4, -0.2) is 7.05 Å². The summed E-state index contributed by atoms with van der Waals surface area (Å²) in [4.78, 5) is 2.77. The van der Waals surface area contributed by atoms with Crippen LogP contribution in [0.2, 0.25) is 5.02 Å². The fraction of sp³-hybridized carbons (Fsp3) is 0.600. The third kappa shape index (κ3) is 1.90. The van der Waals surface area contributed by atoms with Gasteiger partial charge in [0.1, 0.15) is 0 Å². The van der Waals surface area contributed by atoms with Gasteiger partial charge in [0, 0.05) is 16.3 Å². The van der Waals surface area contributed by atoms with Crippen LogP contribution in [-0.2, 0) is 6.54 Å². The van der Waals surface area contributed by atoms with E-state index in [1.54, 1.807) is 0 Å². The Kier molecular flexibility index (Phi) is 2.92. The lowest BCUT2D eigenvalue weighted by Gasteiger charge is -2.24. The molecule has 1 N–H and O–H groups in total. The smallest absolute Gasteiger partial charge is 0.0551 e. The van der Waals surface area contributed by atoms with E-state index in [1.165, 1.54) is 29.0 Å². The first-order valence-corrected chi connectivity index (χ1v) is 5.93. The topological polar surface area (TPSA) is 12.0 Å². The second-order valence-electron chi connectivity index (χ2n) is 3.58. The highest BCUT2D eigenvalue weighted by Crippen LogP contribution is 2.43. The Hall–Kier alpha value is -0.0500. The third-order valence-electron chi connectivity index (χ3n) is 2.59. The molecule has 1 saturated carbocycles. The fourth-order valence-electron chi connectivity index (χ4n) is 1.64. The first kappa shape index (κ1) is 9.50. The number of thiophene rings is 1. The fourth-order valence-corrected chi connectivity index (χ4v) is 3.34. The highest BCUT2D eigenvalue weighted by molar-refractivity contribution is 7.12. The van der Waals surface area contributed by atoms with Crippen molar-refractivity contribution in [3.05, 3.63) is 20.8 Å². The number of rotatable bonds is 3. The summed E-state index contributed by atoms with van der Waals surface area (Å²) < 4.78 is 0. The van der Waals surface area contributed by atoms with E-state index in [4.69, 9.17) is 11.6 Å². The monoisotopic (exact) mass is 215 g/mol. The van der Waals surface area contributed by atoms with Crippen molar-refractivity contribution in [3.63, 3.8) is 0 Å². The maximum absolute atomic E-state index is 6.17. The van der Waals surface area contributed by atoms with Gasteiger partial charge in [-0.2, -0.15) is 0 Å². The first-order chi connectivity index (χ1) is 6.31. The minimum Gasteiger partial charge on any atom is -0.315 e. The molecule has 72 valence electrons. The van der Waals surface area contributed by atoms with Crippen molar-refractivity contribution in [2.24, 2.45) is 0 Å². The van der Waals surface area contributed by atoms with Gasteiger partial charge in [0.2, 0.25) is 0 Å². The Bertz CT molecular complexity index is 291. The van der Waals surface area contributed by atoms with E-state index in [2.05, 4.69) is 11.4 Å². The molecule has 0 spiro atoms. The quantitative estimate of drug-likeness (QED) is 0.815. The molecule has 1 aromatic rings. The largest absolute Gasteiger partial charge is 0.315 e. The van der Waals surface area contributed by atoms with Crippen LogP contribution < -0.4 is 5.32 Å². The van der Waals surface area contributed by atoms with E-state index in [0.29, 0.717) is 0 Å². The van der Waals surface area contributed by atoms with Gasteiger partial charge in [-0.05, 0) is 31.9 Å². The highest BCUT2D eigenvalue weighted by atomic mass is 35.5. The molecule has 13 heavy (non-hydrogen) atoms. The standard InChI is InChI=1S/C10H14ClNS/c1-12-6-8-5-9(11)10(13-8)7-3-2-4-7/h5,7,12H,2-4,6H2,1H3. The number of nitrogens with one attached hydrogen (secondary N) is 1. The molecule has 1 fully saturated rings. The third-order valence-corrected chi connectivity index (χ3v) is 4.31. The Labute approximate surface area is 88.1 Å². The van der Waals surface area contributed by atoms with Crippen LogP contribution in [0.3, 0.4) is 0 Å².